The molecular weight excluding hydrogens is 358 g/mol. The molecule has 0 aliphatic heterocycles. The molecule has 1 heterocycles. The Kier molecular flexibility index (Phi) is 5.87. The van der Waals surface area contributed by atoms with Gasteiger partial charge in [-0.3, -0.25) is 0 Å². The number of nitrogens with two attached hydrogens (primary N) is 1. The van der Waals surface area contributed by atoms with E-state index in [1.807, 2.05) is 7.05 Å². The van der Waals surface area contributed by atoms with Gasteiger partial charge in [-0.1, -0.05) is 12.1 Å². The van der Waals surface area contributed by atoms with Crippen LogP contribution in [0.2, 0.25) is 0 Å². The summed E-state index contributed by atoms with van der Waals surface area (Å²) in [6, 6.07) is 5.70. The zero-order valence-electron chi connectivity index (χ0n) is 11.7. The van der Waals surface area contributed by atoms with Gasteiger partial charge in [0.15, 0.2) is 11.6 Å². The Hall–Kier alpha value is -0.820. The average Bonchev–Trinajstić information content (AvgIpc) is 2.84. The minimum absolute atomic E-state index is 0.238. The molecule has 1 atom stereocenters. The van der Waals surface area contributed by atoms with Crippen LogP contribution in [0.15, 0.2) is 33.4 Å². The molecule has 0 spiro atoms. The fourth-order valence-electron chi connectivity index (χ4n) is 2.14. The molecule has 0 saturated carbocycles. The van der Waals surface area contributed by atoms with Gasteiger partial charge in [-0.25, -0.2) is 8.78 Å². The summed E-state index contributed by atoms with van der Waals surface area (Å²) in [7, 11) is 1.99. The van der Waals surface area contributed by atoms with Gasteiger partial charge in [-0.15, -0.1) is 11.3 Å². The van der Waals surface area contributed by atoms with Gasteiger partial charge in [-0.2, -0.15) is 0 Å². The zero-order chi connectivity index (χ0) is 15.4. The molecule has 21 heavy (non-hydrogen) atoms. The highest BCUT2D eigenvalue weighted by Gasteiger charge is 2.15. The van der Waals surface area contributed by atoms with Gasteiger partial charge >= 0.3 is 0 Å². The molecule has 114 valence electrons. The van der Waals surface area contributed by atoms with Gasteiger partial charge in [0.25, 0.3) is 0 Å². The molecule has 0 amide bonds. The third kappa shape index (κ3) is 4.57. The van der Waals surface area contributed by atoms with E-state index >= 15 is 0 Å². The first kappa shape index (κ1) is 16.5. The summed E-state index contributed by atoms with van der Waals surface area (Å²) < 4.78 is 27.9. The van der Waals surface area contributed by atoms with Crippen LogP contribution in [0.3, 0.4) is 0 Å². The second-order valence-corrected chi connectivity index (χ2v) is 7.33. The average molecular weight is 375 g/mol. The highest BCUT2D eigenvalue weighted by atomic mass is 79.9. The summed E-state index contributed by atoms with van der Waals surface area (Å²) in [4.78, 5) is 2.12. The summed E-state index contributed by atoms with van der Waals surface area (Å²) in [5.41, 5.74) is 7.43. The van der Waals surface area contributed by atoms with Gasteiger partial charge in [0, 0.05) is 18.2 Å². The molecule has 0 fully saturated rings. The molecule has 2 rings (SSSR count). The molecule has 2 aromatic rings. The van der Waals surface area contributed by atoms with E-state index in [1.165, 1.54) is 11.6 Å². The maximum atomic E-state index is 13.7. The lowest BCUT2D eigenvalue weighted by molar-refractivity contribution is 0.310. The van der Waals surface area contributed by atoms with Crippen molar-refractivity contribution in [2.24, 2.45) is 5.73 Å². The molecule has 0 aliphatic carbocycles. The van der Waals surface area contributed by atoms with Crippen molar-refractivity contribution in [2.45, 2.75) is 19.0 Å². The monoisotopic (exact) mass is 374 g/mol. The topological polar surface area (TPSA) is 29.3 Å². The fraction of sp³-hybridized carbons (Fsp3) is 0.333. The SMILES string of the molecule is CN(CCC(N)c1cccc(F)c1F)Cc1csc(Br)c1. The van der Waals surface area contributed by atoms with E-state index in [4.69, 9.17) is 5.73 Å². The molecular formula is C15H17BrF2N2S. The van der Waals surface area contributed by atoms with E-state index < -0.39 is 17.7 Å². The Morgan fingerprint density at radius 2 is 2.14 bits per heavy atom. The van der Waals surface area contributed by atoms with E-state index in [0.717, 1.165) is 16.4 Å². The predicted octanol–water partition coefficient (Wildman–Crippen LogP) is 4.31. The van der Waals surface area contributed by atoms with Crippen LogP contribution in [-0.2, 0) is 6.54 Å². The standard InChI is InChI=1S/C15H17BrF2N2S/c1-20(8-10-7-14(16)21-9-10)6-5-13(19)11-3-2-4-12(17)15(11)18/h2-4,7,9,13H,5-6,8,19H2,1H3. The highest BCUT2D eigenvalue weighted by Crippen LogP contribution is 2.23. The summed E-state index contributed by atoms with van der Waals surface area (Å²) in [5, 5.41) is 2.09. The van der Waals surface area contributed by atoms with Crippen LogP contribution in [0.5, 0.6) is 0 Å². The van der Waals surface area contributed by atoms with Crippen LogP contribution in [0.25, 0.3) is 0 Å². The van der Waals surface area contributed by atoms with Crippen molar-refractivity contribution in [1.29, 1.82) is 0 Å². The molecule has 0 bridgehead atoms. The number of rotatable bonds is 6. The Balaban J connectivity index is 1.88. The smallest absolute Gasteiger partial charge is 0.163 e. The first-order valence-electron chi connectivity index (χ1n) is 6.58. The summed E-state index contributed by atoms with van der Waals surface area (Å²) in [6.07, 6.45) is 0.572. The molecule has 2 N–H and O–H groups in total. The van der Waals surface area contributed by atoms with Crippen LogP contribution in [0.1, 0.15) is 23.6 Å². The lowest BCUT2D eigenvalue weighted by Crippen LogP contribution is -2.24. The van der Waals surface area contributed by atoms with Gasteiger partial charge in [0.05, 0.1) is 3.79 Å². The van der Waals surface area contributed by atoms with Crippen molar-refractivity contribution in [3.8, 4) is 0 Å². The third-order valence-electron chi connectivity index (χ3n) is 3.28. The van der Waals surface area contributed by atoms with Crippen LogP contribution >= 0.6 is 27.3 Å². The van der Waals surface area contributed by atoms with Crippen molar-refractivity contribution in [1.82, 2.24) is 4.90 Å². The minimum atomic E-state index is -0.848. The van der Waals surface area contributed by atoms with Crippen LogP contribution in [0, 0.1) is 11.6 Å². The largest absolute Gasteiger partial charge is 0.324 e. The van der Waals surface area contributed by atoms with Gasteiger partial charge in [0.1, 0.15) is 0 Å². The van der Waals surface area contributed by atoms with Gasteiger partial charge in [0.2, 0.25) is 0 Å². The quantitative estimate of drug-likeness (QED) is 0.815. The first-order chi connectivity index (χ1) is 9.97. The van der Waals surface area contributed by atoms with Crippen molar-refractivity contribution < 1.29 is 8.78 Å². The van der Waals surface area contributed by atoms with E-state index in [2.05, 4.69) is 32.3 Å². The van der Waals surface area contributed by atoms with Crippen molar-refractivity contribution in [3.63, 3.8) is 0 Å². The molecule has 0 saturated heterocycles. The van der Waals surface area contributed by atoms with Gasteiger partial charge in [-0.05, 0) is 59.0 Å². The summed E-state index contributed by atoms with van der Waals surface area (Å²) in [6.45, 7) is 1.52. The van der Waals surface area contributed by atoms with E-state index in [-0.39, 0.29) is 5.56 Å². The number of benzene rings is 1. The number of halogens is 3. The predicted molar refractivity (Wildman–Crippen MR) is 86.3 cm³/mol. The maximum absolute atomic E-state index is 13.7. The lowest BCUT2D eigenvalue weighted by Gasteiger charge is -2.19. The number of nitrogens with zero attached hydrogens (tertiary/aromatic N) is 1. The second kappa shape index (κ2) is 7.45. The van der Waals surface area contributed by atoms with Crippen molar-refractivity contribution in [3.05, 3.63) is 56.2 Å². The van der Waals surface area contributed by atoms with Crippen LogP contribution in [-0.4, -0.2) is 18.5 Å². The molecule has 1 unspecified atom stereocenters. The van der Waals surface area contributed by atoms with Crippen LogP contribution < -0.4 is 5.73 Å². The Morgan fingerprint density at radius 1 is 1.38 bits per heavy atom. The number of hydrogen-bond donors (Lipinski definition) is 1. The van der Waals surface area contributed by atoms with E-state index in [0.29, 0.717) is 13.0 Å². The fourth-order valence-corrected chi connectivity index (χ4v) is 3.34. The second-order valence-electron chi connectivity index (χ2n) is 5.04. The Bertz CT molecular complexity index is 603. The molecule has 1 aromatic heterocycles. The number of hydrogen-bond acceptors (Lipinski definition) is 3. The zero-order valence-corrected chi connectivity index (χ0v) is 14.1. The minimum Gasteiger partial charge on any atom is -0.324 e. The lowest BCUT2D eigenvalue weighted by atomic mass is 10.0. The van der Waals surface area contributed by atoms with Crippen molar-refractivity contribution in [2.75, 3.05) is 13.6 Å². The van der Waals surface area contributed by atoms with E-state index in [1.54, 1.807) is 17.4 Å². The van der Waals surface area contributed by atoms with Crippen LogP contribution in [0.4, 0.5) is 8.78 Å². The Morgan fingerprint density at radius 3 is 2.81 bits per heavy atom. The highest BCUT2D eigenvalue weighted by molar-refractivity contribution is 9.11. The maximum Gasteiger partial charge on any atom is 0.163 e. The summed E-state index contributed by atoms with van der Waals surface area (Å²) in [5.74, 6) is -1.69. The molecule has 1 aromatic carbocycles. The normalized spacial score (nSPS) is 12.9. The number of thiophene rings is 1. The van der Waals surface area contributed by atoms with Crippen molar-refractivity contribution >= 4 is 27.3 Å². The van der Waals surface area contributed by atoms with E-state index in [9.17, 15) is 8.78 Å². The molecule has 0 aliphatic rings. The summed E-state index contributed by atoms with van der Waals surface area (Å²) >= 11 is 5.08. The molecule has 0 radical (unpaired) electrons. The first-order valence-corrected chi connectivity index (χ1v) is 8.25. The molecule has 2 nitrogen and oxygen atoms in total. The third-order valence-corrected chi connectivity index (χ3v) is 4.83. The van der Waals surface area contributed by atoms with Gasteiger partial charge < -0.3 is 10.6 Å². The Labute approximate surface area is 135 Å². The molecule has 6 heteroatoms.